The van der Waals surface area contributed by atoms with Gasteiger partial charge in [0.25, 0.3) is 11.8 Å². The summed E-state index contributed by atoms with van der Waals surface area (Å²) in [5, 5.41) is 4.49. The molecule has 144 valence electrons. The van der Waals surface area contributed by atoms with Crippen LogP contribution in [-0.4, -0.2) is 63.8 Å². The largest absolute Gasteiger partial charge is 0.405 e. The minimum absolute atomic E-state index is 0.0150. The first-order valence-corrected chi connectivity index (χ1v) is 8.27. The Hall–Kier alpha value is -2.20. The summed E-state index contributed by atoms with van der Waals surface area (Å²) in [4.78, 5) is 25.4. The number of rotatable bonds is 6. The van der Waals surface area contributed by atoms with E-state index in [0.717, 1.165) is 9.80 Å². The summed E-state index contributed by atoms with van der Waals surface area (Å²) >= 11 is 0. The second-order valence-corrected chi connectivity index (χ2v) is 6.30. The number of hydrogen-bond acceptors (Lipinski definition) is 2. The third-order valence-electron chi connectivity index (χ3n) is 4.08. The minimum Gasteiger partial charge on any atom is -0.342 e. The Morgan fingerprint density at radius 3 is 2.12 bits per heavy atom. The number of alkyl halides is 3. The SMILES string of the molecule is O=C(C[NH+]1CC[NH+](CC(=O)Nc2cccc(F)c2)CC1)NCC(F)(F)F. The number of anilines is 1. The summed E-state index contributed by atoms with van der Waals surface area (Å²) in [5.41, 5.74) is 0.389. The molecule has 0 radical (unpaired) electrons. The van der Waals surface area contributed by atoms with Crippen molar-refractivity contribution in [2.75, 3.05) is 51.1 Å². The Morgan fingerprint density at radius 1 is 1.00 bits per heavy atom. The molecule has 10 heteroatoms. The highest BCUT2D eigenvalue weighted by Gasteiger charge is 2.30. The normalized spacial score (nSPS) is 20.5. The lowest BCUT2D eigenvalue weighted by atomic mass is 10.3. The molecule has 1 heterocycles. The van der Waals surface area contributed by atoms with Gasteiger partial charge in [-0.25, -0.2) is 4.39 Å². The van der Waals surface area contributed by atoms with Crippen LogP contribution in [-0.2, 0) is 9.59 Å². The number of amides is 2. The highest BCUT2D eigenvalue weighted by molar-refractivity contribution is 5.91. The third-order valence-corrected chi connectivity index (χ3v) is 4.08. The van der Waals surface area contributed by atoms with Crippen LogP contribution in [0.4, 0.5) is 23.2 Å². The van der Waals surface area contributed by atoms with Crippen molar-refractivity contribution in [2.45, 2.75) is 6.18 Å². The molecule has 6 nitrogen and oxygen atoms in total. The van der Waals surface area contributed by atoms with E-state index in [1.165, 1.54) is 18.2 Å². The molecular weight excluding hydrogens is 356 g/mol. The predicted molar refractivity (Wildman–Crippen MR) is 85.2 cm³/mol. The Morgan fingerprint density at radius 2 is 1.58 bits per heavy atom. The van der Waals surface area contributed by atoms with Crippen LogP contribution in [0.3, 0.4) is 0 Å². The molecule has 0 atom stereocenters. The molecule has 1 aliphatic heterocycles. The first-order valence-electron chi connectivity index (χ1n) is 8.27. The second-order valence-electron chi connectivity index (χ2n) is 6.30. The first kappa shape index (κ1) is 20.1. The molecular formula is C16H22F4N4O2+2. The Kier molecular flexibility index (Phi) is 6.92. The van der Waals surface area contributed by atoms with Crippen LogP contribution in [0.5, 0.6) is 0 Å². The van der Waals surface area contributed by atoms with Gasteiger partial charge in [-0.05, 0) is 18.2 Å². The zero-order valence-electron chi connectivity index (χ0n) is 14.1. The maximum Gasteiger partial charge on any atom is 0.405 e. The van der Waals surface area contributed by atoms with Crippen LogP contribution in [0.2, 0.25) is 0 Å². The lowest BCUT2D eigenvalue weighted by Crippen LogP contribution is -3.28. The van der Waals surface area contributed by atoms with E-state index < -0.39 is 24.4 Å². The van der Waals surface area contributed by atoms with E-state index in [0.29, 0.717) is 31.9 Å². The van der Waals surface area contributed by atoms with Gasteiger partial charge in [-0.3, -0.25) is 9.59 Å². The zero-order valence-corrected chi connectivity index (χ0v) is 14.1. The third kappa shape index (κ3) is 7.36. The van der Waals surface area contributed by atoms with Crippen molar-refractivity contribution in [3.8, 4) is 0 Å². The monoisotopic (exact) mass is 378 g/mol. The number of quaternary nitrogens is 2. The van der Waals surface area contributed by atoms with E-state index in [1.807, 2.05) is 5.32 Å². The quantitative estimate of drug-likeness (QED) is 0.443. The molecule has 1 aromatic rings. The maximum absolute atomic E-state index is 13.1. The van der Waals surface area contributed by atoms with Gasteiger partial charge < -0.3 is 20.4 Å². The first-order chi connectivity index (χ1) is 12.2. The standard InChI is InChI=1S/C16H20F4N4O2/c17-12-2-1-3-13(8-12)22-15(26)10-24-6-4-23(5-7-24)9-14(25)21-11-16(18,19)20/h1-3,8H,4-7,9-11H2,(H,21,25)(H,22,26)/p+2. The van der Waals surface area contributed by atoms with Gasteiger partial charge in [0.05, 0.1) is 0 Å². The molecule has 26 heavy (non-hydrogen) atoms. The molecule has 0 unspecified atom stereocenters. The Bertz CT molecular complexity index is 631. The summed E-state index contributed by atoms with van der Waals surface area (Å²) in [7, 11) is 0. The van der Waals surface area contributed by atoms with Crippen LogP contribution in [0.1, 0.15) is 0 Å². The van der Waals surface area contributed by atoms with Crippen molar-refractivity contribution >= 4 is 17.5 Å². The van der Waals surface area contributed by atoms with Crippen molar-refractivity contribution in [2.24, 2.45) is 0 Å². The molecule has 1 fully saturated rings. The van der Waals surface area contributed by atoms with Crippen LogP contribution in [0.25, 0.3) is 0 Å². The van der Waals surface area contributed by atoms with Crippen molar-refractivity contribution in [1.29, 1.82) is 0 Å². The maximum atomic E-state index is 13.1. The average Bonchev–Trinajstić information content (AvgIpc) is 2.54. The second kappa shape index (κ2) is 8.95. The van der Waals surface area contributed by atoms with Gasteiger partial charge in [0.2, 0.25) is 0 Å². The fraction of sp³-hybridized carbons (Fsp3) is 0.500. The summed E-state index contributed by atoms with van der Waals surface area (Å²) in [6.07, 6.45) is -4.41. The molecule has 0 aliphatic carbocycles. The zero-order chi connectivity index (χ0) is 19.2. The summed E-state index contributed by atoms with van der Waals surface area (Å²) < 4.78 is 49.3. The van der Waals surface area contributed by atoms with Crippen molar-refractivity contribution in [1.82, 2.24) is 5.32 Å². The topological polar surface area (TPSA) is 67.1 Å². The van der Waals surface area contributed by atoms with Crippen LogP contribution >= 0.6 is 0 Å². The molecule has 0 bridgehead atoms. The summed E-state index contributed by atoms with van der Waals surface area (Å²) in [5.74, 6) is -1.31. The number of halogens is 4. The Balaban J connectivity index is 1.68. The van der Waals surface area contributed by atoms with Crippen LogP contribution in [0, 0.1) is 5.82 Å². The van der Waals surface area contributed by atoms with Gasteiger partial charge in [-0.15, -0.1) is 0 Å². The fourth-order valence-electron chi connectivity index (χ4n) is 2.80. The molecule has 2 amide bonds. The highest BCUT2D eigenvalue weighted by atomic mass is 19.4. The lowest BCUT2D eigenvalue weighted by Gasteiger charge is -2.29. The summed E-state index contributed by atoms with van der Waals surface area (Å²) in [6, 6.07) is 5.62. The van der Waals surface area contributed by atoms with E-state index in [-0.39, 0.29) is 19.0 Å². The van der Waals surface area contributed by atoms with Crippen LogP contribution < -0.4 is 20.4 Å². The Labute approximate surface area is 148 Å². The molecule has 1 aromatic carbocycles. The smallest absolute Gasteiger partial charge is 0.342 e. The molecule has 0 saturated carbocycles. The van der Waals surface area contributed by atoms with Gasteiger partial charge in [0, 0.05) is 5.69 Å². The fourth-order valence-corrected chi connectivity index (χ4v) is 2.80. The molecule has 0 aromatic heterocycles. The lowest BCUT2D eigenvalue weighted by molar-refractivity contribution is -1.00. The highest BCUT2D eigenvalue weighted by Crippen LogP contribution is 2.11. The van der Waals surface area contributed by atoms with E-state index in [2.05, 4.69) is 5.32 Å². The number of piperazine rings is 1. The molecule has 2 rings (SSSR count). The van der Waals surface area contributed by atoms with E-state index >= 15 is 0 Å². The van der Waals surface area contributed by atoms with Crippen LogP contribution in [0.15, 0.2) is 24.3 Å². The molecule has 0 spiro atoms. The summed E-state index contributed by atoms with van der Waals surface area (Å²) in [6.45, 7) is 1.29. The number of nitrogens with one attached hydrogen (secondary N) is 4. The van der Waals surface area contributed by atoms with Crippen molar-refractivity contribution in [3.05, 3.63) is 30.1 Å². The molecule has 4 N–H and O–H groups in total. The van der Waals surface area contributed by atoms with Crippen molar-refractivity contribution in [3.63, 3.8) is 0 Å². The number of benzene rings is 1. The average molecular weight is 378 g/mol. The number of hydrogen-bond donors (Lipinski definition) is 4. The van der Waals surface area contributed by atoms with Crippen molar-refractivity contribution < 1.29 is 37.0 Å². The predicted octanol–water partition coefficient (Wildman–Crippen LogP) is -1.77. The van der Waals surface area contributed by atoms with E-state index in [1.54, 1.807) is 6.07 Å². The molecule has 1 aliphatic rings. The van der Waals surface area contributed by atoms with Gasteiger partial charge in [0.15, 0.2) is 13.1 Å². The van der Waals surface area contributed by atoms with Gasteiger partial charge >= 0.3 is 6.18 Å². The molecule has 1 saturated heterocycles. The van der Waals surface area contributed by atoms with Gasteiger partial charge in [-0.1, -0.05) is 6.07 Å². The van der Waals surface area contributed by atoms with E-state index in [4.69, 9.17) is 0 Å². The van der Waals surface area contributed by atoms with E-state index in [9.17, 15) is 27.2 Å². The van der Waals surface area contributed by atoms with Gasteiger partial charge in [-0.2, -0.15) is 13.2 Å². The number of carbonyl (C=O) groups is 2. The van der Waals surface area contributed by atoms with Gasteiger partial charge in [0.1, 0.15) is 38.5 Å². The minimum atomic E-state index is -4.41. The number of carbonyl (C=O) groups excluding carboxylic acids is 2.